The Morgan fingerprint density at radius 3 is 1.15 bits per heavy atom. The van der Waals surface area contributed by atoms with Gasteiger partial charge in [-0.25, -0.2) is 0 Å². The van der Waals surface area contributed by atoms with Crippen LogP contribution in [0.3, 0.4) is 0 Å². The topological polar surface area (TPSA) is 235 Å². The molecule has 0 aliphatic heterocycles. The van der Waals surface area contributed by atoms with Crippen LogP contribution in [-0.4, -0.2) is 163 Å². The highest BCUT2D eigenvalue weighted by Gasteiger charge is 2.22. The Labute approximate surface area is 368 Å². The van der Waals surface area contributed by atoms with Gasteiger partial charge in [0, 0.05) is 75.6 Å². The van der Waals surface area contributed by atoms with Crippen molar-refractivity contribution < 1.29 is 47.8 Å². The minimum Gasteiger partial charge on any atom is -0.381 e. The number of rotatable bonds is 43. The molecule has 3 unspecified atom stereocenters. The standard InChI is InChI=1S/C38H66B3N5O10S3/c39-13-4-22-57-26-30(44-35(50)10-19-54-16-1-7-29(47)25-42)33(48)8-2-17-55-20-11-36(51)45-31(27-58-23-5-14-40)34(49)9-3-18-56-21-12-37(52)46-32(38(43)53)28-59-24-6-15-41/h30-32H,1-28,42H2,(H2,43,53)(H,44,50)(H,45,51)(H,46,52). The molecule has 0 aromatic carbocycles. The lowest BCUT2D eigenvalue weighted by molar-refractivity contribution is -0.128. The van der Waals surface area contributed by atoms with Crippen LogP contribution in [0, 0.1) is 0 Å². The van der Waals surface area contributed by atoms with Crippen molar-refractivity contribution in [1.29, 1.82) is 0 Å². The average Bonchev–Trinajstić information content (AvgIpc) is 3.21. The summed E-state index contributed by atoms with van der Waals surface area (Å²) in [5.74, 6) is 1.54. The van der Waals surface area contributed by atoms with Gasteiger partial charge in [0.2, 0.25) is 23.6 Å². The lowest BCUT2D eigenvalue weighted by atomic mass is 10.0. The van der Waals surface area contributed by atoms with E-state index >= 15 is 0 Å². The quantitative estimate of drug-likeness (QED) is 0.0429. The van der Waals surface area contributed by atoms with Gasteiger partial charge in [0.15, 0.2) is 11.6 Å². The SMILES string of the molecule is [B]CCCSCC(NC(=O)CCOCCCC(=O)C(CSCCC[B])NC(=O)CCOCCCC(=O)C(CSCCC[B])NC(=O)CCOCCCC(=O)CN)C(N)=O. The first kappa shape index (κ1) is 57.0. The summed E-state index contributed by atoms with van der Waals surface area (Å²) in [5.41, 5.74) is 10.7. The Hall–Kier alpha value is -2.03. The largest absolute Gasteiger partial charge is 0.381 e. The van der Waals surface area contributed by atoms with Crippen LogP contribution < -0.4 is 27.4 Å². The van der Waals surface area contributed by atoms with Crippen molar-refractivity contribution in [2.75, 3.05) is 80.7 Å². The first-order chi connectivity index (χ1) is 28.5. The summed E-state index contributed by atoms with van der Waals surface area (Å²) in [7, 11) is 16.7. The predicted molar refractivity (Wildman–Crippen MR) is 241 cm³/mol. The normalized spacial score (nSPS) is 12.6. The van der Waals surface area contributed by atoms with Gasteiger partial charge in [0.05, 0.1) is 62.0 Å². The van der Waals surface area contributed by atoms with Crippen LogP contribution in [-0.2, 0) is 47.8 Å². The minimum absolute atomic E-state index is 0.00213. The second-order valence-corrected chi connectivity index (χ2v) is 16.9. The molecule has 0 bridgehead atoms. The maximum Gasteiger partial charge on any atom is 0.240 e. The van der Waals surface area contributed by atoms with E-state index < -0.39 is 24.0 Å². The molecule has 0 aliphatic rings. The van der Waals surface area contributed by atoms with E-state index in [9.17, 15) is 33.6 Å². The molecule has 0 saturated heterocycles. The molecule has 0 rings (SSSR count). The van der Waals surface area contributed by atoms with Crippen molar-refractivity contribution >= 4 is 99.8 Å². The molecule has 59 heavy (non-hydrogen) atoms. The van der Waals surface area contributed by atoms with Crippen molar-refractivity contribution in [1.82, 2.24) is 16.0 Å². The molecule has 15 nitrogen and oxygen atoms in total. The van der Waals surface area contributed by atoms with Crippen LogP contribution in [0.1, 0.15) is 77.0 Å². The van der Waals surface area contributed by atoms with Gasteiger partial charge in [0.25, 0.3) is 0 Å². The van der Waals surface area contributed by atoms with E-state index in [4.69, 9.17) is 49.2 Å². The lowest BCUT2D eigenvalue weighted by Gasteiger charge is -2.18. The molecule has 0 spiro atoms. The van der Waals surface area contributed by atoms with Gasteiger partial charge in [-0.3, -0.25) is 33.6 Å². The minimum atomic E-state index is -0.780. The highest BCUT2D eigenvalue weighted by Crippen LogP contribution is 2.12. The Bertz CT molecular complexity index is 1200. The fourth-order valence-corrected chi connectivity index (χ4v) is 8.01. The summed E-state index contributed by atoms with van der Waals surface area (Å²) >= 11 is 4.57. The van der Waals surface area contributed by atoms with Gasteiger partial charge in [-0.2, -0.15) is 35.3 Å². The second kappa shape index (κ2) is 40.1. The van der Waals surface area contributed by atoms with E-state index in [1.807, 2.05) is 0 Å². The van der Waals surface area contributed by atoms with E-state index in [0.717, 1.165) is 36.5 Å². The fourth-order valence-electron chi connectivity index (χ4n) is 4.90. The van der Waals surface area contributed by atoms with Gasteiger partial charge in [-0.05, 0) is 36.5 Å². The number of ketones is 3. The lowest BCUT2D eigenvalue weighted by Crippen LogP contribution is -2.46. The highest BCUT2D eigenvalue weighted by atomic mass is 32.2. The number of hydrogen-bond donors (Lipinski definition) is 5. The van der Waals surface area contributed by atoms with Crippen molar-refractivity contribution in [2.45, 2.75) is 114 Å². The number of carbonyl (C=O) groups is 7. The molecule has 0 aliphatic carbocycles. The van der Waals surface area contributed by atoms with Crippen molar-refractivity contribution in [3.05, 3.63) is 0 Å². The Morgan fingerprint density at radius 2 is 0.814 bits per heavy atom. The first-order valence-electron chi connectivity index (χ1n) is 20.5. The molecule has 21 heteroatoms. The van der Waals surface area contributed by atoms with E-state index in [0.29, 0.717) is 68.5 Å². The van der Waals surface area contributed by atoms with Crippen molar-refractivity contribution in [3.63, 3.8) is 0 Å². The molecular weight excluding hydrogens is 815 g/mol. The number of Topliss-reactive ketones (excluding diaryl/α,β-unsaturated/α-hetero) is 3. The zero-order chi connectivity index (χ0) is 43.9. The van der Waals surface area contributed by atoms with Crippen LogP contribution in [0.15, 0.2) is 0 Å². The van der Waals surface area contributed by atoms with Gasteiger partial charge in [0.1, 0.15) is 11.8 Å². The number of nitrogens with one attached hydrogen (secondary N) is 3. The zero-order valence-corrected chi connectivity index (χ0v) is 37.2. The number of amides is 4. The molecule has 330 valence electrons. The van der Waals surface area contributed by atoms with E-state index in [2.05, 4.69) is 16.0 Å². The first-order valence-corrected chi connectivity index (χ1v) is 24.0. The van der Waals surface area contributed by atoms with Crippen LogP contribution in [0.2, 0.25) is 19.0 Å². The molecule has 0 aromatic heterocycles. The molecular formula is C38H66B3N5O10S3. The second-order valence-electron chi connectivity index (χ2n) is 13.5. The van der Waals surface area contributed by atoms with Gasteiger partial charge < -0.3 is 41.6 Å². The van der Waals surface area contributed by atoms with E-state index in [1.165, 1.54) is 23.5 Å². The maximum absolute atomic E-state index is 13.1. The van der Waals surface area contributed by atoms with Crippen LogP contribution >= 0.6 is 35.3 Å². The summed E-state index contributed by atoms with van der Waals surface area (Å²) in [4.78, 5) is 86.7. The third kappa shape index (κ3) is 34.3. The number of nitrogens with two attached hydrogens (primary N) is 2. The summed E-state index contributed by atoms with van der Waals surface area (Å²) in [6.07, 6.45) is 6.13. The highest BCUT2D eigenvalue weighted by molar-refractivity contribution is 7.99. The van der Waals surface area contributed by atoms with Gasteiger partial charge in [-0.15, -0.1) is 0 Å². The van der Waals surface area contributed by atoms with Crippen LogP contribution in [0.4, 0.5) is 0 Å². The Balaban J connectivity index is 4.64. The average molecular weight is 882 g/mol. The summed E-state index contributed by atoms with van der Waals surface area (Å²) in [6.45, 7) is 1.19. The summed E-state index contributed by atoms with van der Waals surface area (Å²) in [6, 6.07) is -2.15. The van der Waals surface area contributed by atoms with Crippen LogP contribution in [0.25, 0.3) is 0 Å². The molecule has 0 heterocycles. The number of carbonyl (C=O) groups excluding carboxylic acids is 7. The van der Waals surface area contributed by atoms with Gasteiger partial charge in [-0.1, -0.05) is 38.2 Å². The van der Waals surface area contributed by atoms with E-state index in [1.54, 1.807) is 11.8 Å². The molecule has 0 aromatic rings. The number of hydrogen-bond acceptors (Lipinski definition) is 14. The third-order valence-electron chi connectivity index (χ3n) is 8.27. The van der Waals surface area contributed by atoms with Crippen molar-refractivity contribution in [3.8, 4) is 0 Å². The molecule has 7 N–H and O–H groups in total. The monoisotopic (exact) mass is 881 g/mol. The smallest absolute Gasteiger partial charge is 0.240 e. The molecule has 0 saturated carbocycles. The Kier molecular flexibility index (Phi) is 38.7. The summed E-state index contributed by atoms with van der Waals surface area (Å²) in [5, 5.41) is 8.26. The maximum atomic E-state index is 13.1. The Morgan fingerprint density at radius 1 is 0.475 bits per heavy atom. The molecule has 6 radical (unpaired) electrons. The molecule has 3 atom stereocenters. The summed E-state index contributed by atoms with van der Waals surface area (Å²) < 4.78 is 16.6. The number of ether oxygens (including phenoxy) is 3. The van der Waals surface area contributed by atoms with Crippen LogP contribution in [0.5, 0.6) is 0 Å². The number of thioether (sulfide) groups is 3. The fraction of sp³-hybridized carbons (Fsp3) is 0.816. The van der Waals surface area contributed by atoms with Gasteiger partial charge >= 0.3 is 0 Å². The van der Waals surface area contributed by atoms with E-state index in [-0.39, 0.29) is 107 Å². The third-order valence-corrected chi connectivity index (χ3v) is 11.7. The molecule has 0 fully saturated rings. The number of primary amides is 1. The predicted octanol–water partition coefficient (Wildman–Crippen LogP) is 1.28. The molecule has 4 amide bonds. The van der Waals surface area contributed by atoms with Crippen molar-refractivity contribution in [2.24, 2.45) is 11.5 Å². The zero-order valence-electron chi connectivity index (χ0n) is 34.7.